The first-order valence-electron chi connectivity index (χ1n) is 9.59. The van der Waals surface area contributed by atoms with Gasteiger partial charge in [-0.05, 0) is 55.5 Å². The van der Waals surface area contributed by atoms with Crippen molar-refractivity contribution in [1.29, 1.82) is 0 Å². The van der Waals surface area contributed by atoms with E-state index in [1.165, 1.54) is 0 Å². The number of ketones is 1. The molecule has 0 saturated heterocycles. The molecular formula is C24H20ClN3O2. The average molecular weight is 418 g/mol. The van der Waals surface area contributed by atoms with E-state index in [1.54, 1.807) is 30.3 Å². The molecule has 0 unspecified atom stereocenters. The number of carbonyl (C=O) groups is 2. The summed E-state index contributed by atoms with van der Waals surface area (Å²) in [5.74, 6) is 0.391. The number of aromatic nitrogens is 2. The number of Topliss-reactive ketones (excluding diaryl/α,β-unsaturated/α-hetero) is 1. The van der Waals surface area contributed by atoms with E-state index in [4.69, 9.17) is 11.6 Å². The number of carbonyl (C=O) groups excluding carboxylic acids is 2. The van der Waals surface area contributed by atoms with Crippen molar-refractivity contribution in [2.24, 2.45) is 0 Å². The fraction of sp³-hybridized carbons (Fsp3) is 0.125. The molecule has 0 fully saturated rings. The summed E-state index contributed by atoms with van der Waals surface area (Å²) >= 11 is 5.93. The minimum atomic E-state index is -0.179. The van der Waals surface area contributed by atoms with E-state index in [2.05, 4.69) is 10.3 Å². The van der Waals surface area contributed by atoms with E-state index in [0.29, 0.717) is 22.0 Å². The molecule has 30 heavy (non-hydrogen) atoms. The summed E-state index contributed by atoms with van der Waals surface area (Å²) in [6.07, 6.45) is 0. The second-order valence-corrected chi connectivity index (χ2v) is 7.52. The van der Waals surface area contributed by atoms with Gasteiger partial charge in [0.2, 0.25) is 0 Å². The molecule has 4 aromatic rings. The van der Waals surface area contributed by atoms with E-state index in [0.717, 1.165) is 16.6 Å². The lowest BCUT2D eigenvalue weighted by Crippen LogP contribution is -2.25. The summed E-state index contributed by atoms with van der Waals surface area (Å²) in [5.41, 5.74) is 3.81. The Labute approximate surface area is 179 Å². The van der Waals surface area contributed by atoms with Gasteiger partial charge in [0, 0.05) is 16.1 Å². The normalized spacial score (nSPS) is 10.9. The highest BCUT2D eigenvalue weighted by atomic mass is 35.5. The van der Waals surface area contributed by atoms with Crippen molar-refractivity contribution in [2.75, 3.05) is 0 Å². The van der Waals surface area contributed by atoms with Crippen LogP contribution in [0.2, 0.25) is 5.02 Å². The van der Waals surface area contributed by atoms with Gasteiger partial charge in [0.25, 0.3) is 5.91 Å². The molecule has 1 N–H and O–H groups in total. The van der Waals surface area contributed by atoms with Crippen LogP contribution in [0.15, 0.2) is 72.8 Å². The number of fused-ring (bicyclic) bond motifs is 1. The Bertz CT molecular complexity index is 1230. The zero-order chi connectivity index (χ0) is 21.1. The Morgan fingerprint density at radius 2 is 1.73 bits per heavy atom. The zero-order valence-corrected chi connectivity index (χ0v) is 17.2. The SMILES string of the molecule is Cc1cccc(C(=O)NCc2nc3ccccc3n2CC(=O)c2ccc(Cl)cc2)c1. The number of hydrogen-bond donors (Lipinski definition) is 1. The number of halogens is 1. The van der Waals surface area contributed by atoms with Gasteiger partial charge in [0.05, 0.1) is 24.1 Å². The lowest BCUT2D eigenvalue weighted by atomic mass is 10.1. The van der Waals surface area contributed by atoms with Gasteiger partial charge >= 0.3 is 0 Å². The van der Waals surface area contributed by atoms with Crippen molar-refractivity contribution in [3.63, 3.8) is 0 Å². The molecule has 0 radical (unpaired) electrons. The summed E-state index contributed by atoms with van der Waals surface area (Å²) in [5, 5.41) is 3.50. The van der Waals surface area contributed by atoms with E-state index < -0.39 is 0 Å². The average Bonchev–Trinajstić information content (AvgIpc) is 3.10. The third kappa shape index (κ3) is 4.26. The Kier molecular flexibility index (Phi) is 5.63. The molecule has 6 heteroatoms. The van der Waals surface area contributed by atoms with Crippen LogP contribution in [-0.4, -0.2) is 21.2 Å². The third-order valence-corrected chi connectivity index (χ3v) is 5.14. The van der Waals surface area contributed by atoms with Crippen molar-refractivity contribution >= 4 is 34.3 Å². The molecular weight excluding hydrogens is 398 g/mol. The number of rotatable bonds is 6. The number of benzene rings is 3. The highest BCUT2D eigenvalue weighted by Gasteiger charge is 2.16. The maximum Gasteiger partial charge on any atom is 0.251 e. The molecule has 0 aliphatic carbocycles. The summed E-state index contributed by atoms with van der Waals surface area (Å²) < 4.78 is 1.85. The van der Waals surface area contributed by atoms with Crippen molar-refractivity contribution in [1.82, 2.24) is 14.9 Å². The predicted molar refractivity (Wildman–Crippen MR) is 118 cm³/mol. The molecule has 0 aliphatic heterocycles. The molecule has 5 nitrogen and oxygen atoms in total. The topological polar surface area (TPSA) is 64.0 Å². The summed E-state index contributed by atoms with van der Waals surface area (Å²) in [6.45, 7) is 2.28. The molecule has 0 atom stereocenters. The van der Waals surface area contributed by atoms with Crippen LogP contribution in [-0.2, 0) is 13.1 Å². The van der Waals surface area contributed by atoms with Crippen LogP contribution < -0.4 is 5.32 Å². The van der Waals surface area contributed by atoms with Crippen molar-refractivity contribution in [3.05, 3.63) is 100 Å². The van der Waals surface area contributed by atoms with Gasteiger partial charge in [-0.15, -0.1) is 0 Å². The minimum absolute atomic E-state index is 0.0546. The number of amides is 1. The van der Waals surface area contributed by atoms with Gasteiger partial charge in [-0.2, -0.15) is 0 Å². The maximum atomic E-state index is 12.8. The van der Waals surface area contributed by atoms with Gasteiger partial charge in [-0.1, -0.05) is 41.4 Å². The van der Waals surface area contributed by atoms with E-state index in [9.17, 15) is 9.59 Å². The molecule has 1 heterocycles. The first-order chi connectivity index (χ1) is 14.5. The number of imidazole rings is 1. The van der Waals surface area contributed by atoms with Gasteiger partial charge in [-0.25, -0.2) is 4.98 Å². The molecule has 3 aromatic carbocycles. The fourth-order valence-corrected chi connectivity index (χ4v) is 3.48. The largest absolute Gasteiger partial charge is 0.345 e. The van der Waals surface area contributed by atoms with Crippen LogP contribution in [0.3, 0.4) is 0 Å². The lowest BCUT2D eigenvalue weighted by Gasteiger charge is -2.10. The summed E-state index contributed by atoms with van der Waals surface area (Å²) in [7, 11) is 0. The Morgan fingerprint density at radius 1 is 0.967 bits per heavy atom. The predicted octanol–water partition coefficient (Wildman–Crippen LogP) is 4.81. The van der Waals surface area contributed by atoms with Gasteiger partial charge < -0.3 is 9.88 Å². The molecule has 4 rings (SSSR count). The van der Waals surface area contributed by atoms with Crippen LogP contribution in [0.25, 0.3) is 11.0 Å². The van der Waals surface area contributed by atoms with Crippen LogP contribution >= 0.6 is 11.6 Å². The monoisotopic (exact) mass is 417 g/mol. The molecule has 1 aromatic heterocycles. The number of nitrogens with zero attached hydrogens (tertiary/aromatic N) is 2. The summed E-state index contributed by atoms with van der Waals surface area (Å²) in [6, 6.07) is 21.8. The fourth-order valence-electron chi connectivity index (χ4n) is 3.36. The van der Waals surface area contributed by atoms with Crippen molar-refractivity contribution in [3.8, 4) is 0 Å². The Morgan fingerprint density at radius 3 is 2.50 bits per heavy atom. The molecule has 1 amide bonds. The Balaban J connectivity index is 1.59. The first kappa shape index (κ1) is 19.9. The number of hydrogen-bond acceptors (Lipinski definition) is 3. The minimum Gasteiger partial charge on any atom is -0.345 e. The van der Waals surface area contributed by atoms with Crippen LogP contribution in [0.1, 0.15) is 32.1 Å². The number of nitrogens with one attached hydrogen (secondary N) is 1. The smallest absolute Gasteiger partial charge is 0.251 e. The number of aryl methyl sites for hydroxylation is 1. The first-order valence-corrected chi connectivity index (χ1v) is 9.97. The van der Waals surface area contributed by atoms with Gasteiger partial charge in [-0.3, -0.25) is 9.59 Å². The molecule has 150 valence electrons. The highest BCUT2D eigenvalue weighted by molar-refractivity contribution is 6.30. The van der Waals surface area contributed by atoms with Crippen LogP contribution in [0.4, 0.5) is 0 Å². The highest BCUT2D eigenvalue weighted by Crippen LogP contribution is 2.18. The second kappa shape index (κ2) is 8.51. The van der Waals surface area contributed by atoms with Crippen molar-refractivity contribution in [2.45, 2.75) is 20.0 Å². The zero-order valence-electron chi connectivity index (χ0n) is 16.4. The summed E-state index contributed by atoms with van der Waals surface area (Å²) in [4.78, 5) is 30.0. The van der Waals surface area contributed by atoms with Crippen molar-refractivity contribution < 1.29 is 9.59 Å². The van der Waals surface area contributed by atoms with E-state index in [-0.39, 0.29) is 24.8 Å². The molecule has 0 saturated carbocycles. The molecule has 0 spiro atoms. The maximum absolute atomic E-state index is 12.8. The van der Waals surface area contributed by atoms with E-state index >= 15 is 0 Å². The van der Waals surface area contributed by atoms with Gasteiger partial charge in [0.1, 0.15) is 5.82 Å². The molecule has 0 bridgehead atoms. The third-order valence-electron chi connectivity index (χ3n) is 4.89. The lowest BCUT2D eigenvalue weighted by molar-refractivity contribution is 0.0949. The van der Waals surface area contributed by atoms with E-state index in [1.807, 2.05) is 54.0 Å². The molecule has 0 aliphatic rings. The van der Waals surface area contributed by atoms with Gasteiger partial charge in [0.15, 0.2) is 5.78 Å². The Hall–Kier alpha value is -3.44. The standard InChI is InChI=1S/C24H20ClN3O2/c1-16-5-4-6-18(13-16)24(30)26-14-23-27-20-7-2-3-8-21(20)28(23)15-22(29)17-9-11-19(25)12-10-17/h2-13H,14-15H2,1H3,(H,26,30). The van der Waals surface area contributed by atoms with Crippen LogP contribution in [0.5, 0.6) is 0 Å². The van der Waals surface area contributed by atoms with Crippen LogP contribution in [0, 0.1) is 6.92 Å². The quantitative estimate of drug-likeness (QED) is 0.458. The second-order valence-electron chi connectivity index (χ2n) is 7.09. The number of para-hydroxylation sites is 2.